The first-order chi connectivity index (χ1) is 10.6. The number of amides is 2. The van der Waals surface area contributed by atoms with Gasteiger partial charge in [-0.15, -0.1) is 0 Å². The summed E-state index contributed by atoms with van der Waals surface area (Å²) >= 11 is 0. The summed E-state index contributed by atoms with van der Waals surface area (Å²) in [6.07, 6.45) is 0.412. The van der Waals surface area contributed by atoms with Crippen LogP contribution in [0.2, 0.25) is 0 Å². The molecule has 2 rings (SSSR count). The number of nitrogens with two attached hydrogens (primary N) is 1. The van der Waals surface area contributed by atoms with Gasteiger partial charge in [-0.05, 0) is 24.1 Å². The SMILES string of the molecule is CCc1cccc(OCC(O)CN2CCN(C(N)=O)CC2)c1. The number of aliphatic hydroxyl groups excluding tert-OH is 1. The van der Waals surface area contributed by atoms with Crippen LogP contribution in [0.15, 0.2) is 24.3 Å². The molecule has 1 saturated heterocycles. The first-order valence-electron chi connectivity index (χ1n) is 7.75. The fourth-order valence-electron chi connectivity index (χ4n) is 2.55. The van der Waals surface area contributed by atoms with Gasteiger partial charge in [0, 0.05) is 32.7 Å². The molecule has 3 N–H and O–H groups in total. The highest BCUT2D eigenvalue weighted by atomic mass is 16.5. The number of carbonyl (C=O) groups excluding carboxylic acids is 1. The van der Waals surface area contributed by atoms with E-state index in [1.165, 1.54) is 5.56 Å². The Morgan fingerprint density at radius 2 is 2.09 bits per heavy atom. The highest BCUT2D eigenvalue weighted by Gasteiger charge is 2.21. The lowest BCUT2D eigenvalue weighted by atomic mass is 10.2. The van der Waals surface area contributed by atoms with Crippen molar-refractivity contribution in [2.75, 3.05) is 39.3 Å². The van der Waals surface area contributed by atoms with Gasteiger partial charge in [0.15, 0.2) is 0 Å². The fourth-order valence-corrected chi connectivity index (χ4v) is 2.55. The molecule has 22 heavy (non-hydrogen) atoms. The molecule has 2 amide bonds. The van der Waals surface area contributed by atoms with E-state index in [0.29, 0.717) is 19.6 Å². The van der Waals surface area contributed by atoms with Crippen molar-refractivity contribution in [2.24, 2.45) is 5.73 Å². The molecule has 1 unspecified atom stereocenters. The second kappa shape index (κ2) is 8.00. The van der Waals surface area contributed by atoms with Gasteiger partial charge in [0.25, 0.3) is 0 Å². The second-order valence-electron chi connectivity index (χ2n) is 5.59. The molecule has 0 radical (unpaired) electrons. The molecule has 1 atom stereocenters. The van der Waals surface area contributed by atoms with Crippen LogP contribution in [0.3, 0.4) is 0 Å². The van der Waals surface area contributed by atoms with E-state index in [2.05, 4.69) is 17.9 Å². The lowest BCUT2D eigenvalue weighted by molar-refractivity contribution is 0.0522. The Kier molecular flexibility index (Phi) is 6.03. The Bertz CT molecular complexity index is 487. The number of nitrogens with zero attached hydrogens (tertiary/aromatic N) is 2. The molecule has 6 heteroatoms. The van der Waals surface area contributed by atoms with Gasteiger partial charge in [-0.25, -0.2) is 4.79 Å². The maximum atomic E-state index is 11.1. The fraction of sp³-hybridized carbons (Fsp3) is 0.562. The Balaban J connectivity index is 1.72. The van der Waals surface area contributed by atoms with Gasteiger partial charge in [-0.3, -0.25) is 4.90 Å². The summed E-state index contributed by atoms with van der Waals surface area (Å²) in [5.74, 6) is 0.789. The van der Waals surface area contributed by atoms with Gasteiger partial charge < -0.3 is 20.5 Å². The van der Waals surface area contributed by atoms with Crippen molar-refractivity contribution < 1.29 is 14.6 Å². The standard InChI is InChI=1S/C16H25N3O3/c1-2-13-4-3-5-15(10-13)22-12-14(20)11-18-6-8-19(9-7-18)16(17)21/h3-5,10,14,20H,2,6-9,11-12H2,1H3,(H2,17,21). The predicted molar refractivity (Wildman–Crippen MR) is 84.9 cm³/mol. The minimum atomic E-state index is -0.551. The average Bonchev–Trinajstić information content (AvgIpc) is 2.53. The molecular formula is C16H25N3O3. The molecule has 0 bridgehead atoms. The second-order valence-corrected chi connectivity index (χ2v) is 5.59. The third kappa shape index (κ3) is 4.89. The highest BCUT2D eigenvalue weighted by molar-refractivity contribution is 5.72. The quantitative estimate of drug-likeness (QED) is 0.810. The molecule has 1 fully saturated rings. The first-order valence-corrected chi connectivity index (χ1v) is 7.75. The maximum Gasteiger partial charge on any atom is 0.314 e. The van der Waals surface area contributed by atoms with E-state index in [-0.39, 0.29) is 12.6 Å². The Morgan fingerprint density at radius 3 is 2.73 bits per heavy atom. The lowest BCUT2D eigenvalue weighted by Crippen LogP contribution is -2.52. The third-order valence-corrected chi connectivity index (χ3v) is 3.90. The summed E-state index contributed by atoms with van der Waals surface area (Å²) < 4.78 is 5.65. The van der Waals surface area contributed by atoms with E-state index in [1.54, 1.807) is 4.90 Å². The van der Waals surface area contributed by atoms with Gasteiger partial charge >= 0.3 is 6.03 Å². The molecule has 1 aromatic rings. The van der Waals surface area contributed by atoms with Crippen LogP contribution in [-0.2, 0) is 6.42 Å². The highest BCUT2D eigenvalue weighted by Crippen LogP contribution is 2.14. The van der Waals surface area contributed by atoms with Crippen LogP contribution in [0.1, 0.15) is 12.5 Å². The van der Waals surface area contributed by atoms with Gasteiger partial charge in [0.05, 0.1) is 0 Å². The van der Waals surface area contributed by atoms with Crippen LogP contribution in [0.5, 0.6) is 5.75 Å². The van der Waals surface area contributed by atoms with Gasteiger partial charge in [-0.1, -0.05) is 19.1 Å². The molecule has 1 aromatic carbocycles. The van der Waals surface area contributed by atoms with Crippen LogP contribution in [0, 0.1) is 0 Å². The zero-order valence-corrected chi connectivity index (χ0v) is 13.1. The van der Waals surface area contributed by atoms with Crippen molar-refractivity contribution in [3.63, 3.8) is 0 Å². The number of rotatable bonds is 6. The van der Waals surface area contributed by atoms with Crippen LogP contribution in [0.25, 0.3) is 0 Å². The minimum absolute atomic E-state index is 0.267. The number of hydrogen-bond acceptors (Lipinski definition) is 4. The smallest absolute Gasteiger partial charge is 0.314 e. The Hall–Kier alpha value is -1.79. The molecular weight excluding hydrogens is 282 g/mol. The number of piperazine rings is 1. The van der Waals surface area contributed by atoms with E-state index in [4.69, 9.17) is 10.5 Å². The number of primary amides is 1. The molecule has 0 spiro atoms. The van der Waals surface area contributed by atoms with Gasteiger partial charge in [-0.2, -0.15) is 0 Å². The van der Waals surface area contributed by atoms with Gasteiger partial charge in [0.1, 0.15) is 18.5 Å². The average molecular weight is 307 g/mol. The van der Waals surface area contributed by atoms with Crippen molar-refractivity contribution in [1.82, 2.24) is 9.80 Å². The molecule has 0 saturated carbocycles. The molecule has 1 heterocycles. The number of urea groups is 1. The van der Waals surface area contributed by atoms with Crippen LogP contribution >= 0.6 is 0 Å². The molecule has 0 aromatic heterocycles. The summed E-state index contributed by atoms with van der Waals surface area (Å²) in [4.78, 5) is 14.8. The number of hydrogen-bond donors (Lipinski definition) is 2. The third-order valence-electron chi connectivity index (χ3n) is 3.90. The van der Waals surface area contributed by atoms with Crippen molar-refractivity contribution in [3.8, 4) is 5.75 Å². The normalized spacial score (nSPS) is 17.3. The number of ether oxygens (including phenoxy) is 1. The maximum absolute atomic E-state index is 11.1. The molecule has 1 aliphatic heterocycles. The summed E-state index contributed by atoms with van der Waals surface area (Å²) in [7, 11) is 0. The van der Waals surface area contributed by atoms with E-state index in [0.717, 1.165) is 25.3 Å². The van der Waals surface area contributed by atoms with Crippen LogP contribution in [-0.4, -0.2) is 66.4 Å². The number of aliphatic hydroxyl groups is 1. The van der Waals surface area contributed by atoms with E-state index >= 15 is 0 Å². The summed E-state index contributed by atoms with van der Waals surface area (Å²) in [5.41, 5.74) is 6.47. The zero-order chi connectivity index (χ0) is 15.9. The molecule has 0 aliphatic carbocycles. The minimum Gasteiger partial charge on any atom is -0.491 e. The Morgan fingerprint density at radius 1 is 1.36 bits per heavy atom. The monoisotopic (exact) mass is 307 g/mol. The number of benzene rings is 1. The summed E-state index contributed by atoms with van der Waals surface area (Å²) in [5, 5.41) is 10.1. The first kappa shape index (κ1) is 16.6. The van der Waals surface area contributed by atoms with Crippen molar-refractivity contribution in [2.45, 2.75) is 19.4 Å². The van der Waals surface area contributed by atoms with Crippen LogP contribution in [0.4, 0.5) is 4.79 Å². The summed E-state index contributed by atoms with van der Waals surface area (Å²) in [6, 6.07) is 7.54. The predicted octanol–water partition coefficient (Wildman–Crippen LogP) is 0.685. The van der Waals surface area contributed by atoms with Crippen molar-refractivity contribution in [3.05, 3.63) is 29.8 Å². The molecule has 6 nitrogen and oxygen atoms in total. The summed E-state index contributed by atoms with van der Waals surface area (Å²) in [6.45, 7) is 5.59. The molecule has 122 valence electrons. The number of aryl methyl sites for hydroxylation is 1. The van der Waals surface area contributed by atoms with Crippen molar-refractivity contribution >= 4 is 6.03 Å². The molecule has 1 aliphatic rings. The zero-order valence-electron chi connectivity index (χ0n) is 13.1. The number of carbonyl (C=O) groups is 1. The number of β-amino-alcohol motifs (C(OH)–C–C–N with tert-alkyl or cyclic N) is 1. The van der Waals surface area contributed by atoms with Gasteiger partial charge in [0.2, 0.25) is 0 Å². The van der Waals surface area contributed by atoms with Crippen LogP contribution < -0.4 is 10.5 Å². The topological polar surface area (TPSA) is 79.0 Å². The Labute approximate surface area is 131 Å². The van der Waals surface area contributed by atoms with Crippen molar-refractivity contribution in [1.29, 1.82) is 0 Å². The van der Waals surface area contributed by atoms with E-state index in [9.17, 15) is 9.90 Å². The van der Waals surface area contributed by atoms with E-state index < -0.39 is 6.10 Å². The lowest BCUT2D eigenvalue weighted by Gasteiger charge is -2.34. The van der Waals surface area contributed by atoms with E-state index in [1.807, 2.05) is 18.2 Å². The largest absolute Gasteiger partial charge is 0.491 e.